The van der Waals surface area contributed by atoms with Gasteiger partial charge >= 0.3 is 0 Å². The first-order valence-corrected chi connectivity index (χ1v) is 14.4. The predicted molar refractivity (Wildman–Crippen MR) is 153 cm³/mol. The van der Waals surface area contributed by atoms with Gasteiger partial charge in [0.15, 0.2) is 0 Å². The number of benzene rings is 3. The van der Waals surface area contributed by atoms with E-state index in [9.17, 15) is 9.59 Å². The van der Waals surface area contributed by atoms with Crippen LogP contribution in [-0.4, -0.2) is 34.6 Å². The van der Waals surface area contributed by atoms with Crippen molar-refractivity contribution in [1.29, 1.82) is 0 Å². The summed E-state index contributed by atoms with van der Waals surface area (Å²) in [5.41, 5.74) is 3.12. The standard InChI is InChI=1S/C31H35ClN2O2S/c1-23-15-17-28(18-16-23)37-22-30(35)34(21-25-11-8-12-26(32)19-25)29(20-24-9-4-2-5-10-24)31(36)33-27-13-6-3-7-14-27/h2,4-5,8-12,15-19,27,29H,3,6-7,13-14,20-22H2,1H3,(H,33,36)/t29-/m1/s1. The number of hydrogen-bond acceptors (Lipinski definition) is 3. The third-order valence-electron chi connectivity index (χ3n) is 6.85. The summed E-state index contributed by atoms with van der Waals surface area (Å²) in [4.78, 5) is 30.4. The van der Waals surface area contributed by atoms with Gasteiger partial charge in [0.05, 0.1) is 5.75 Å². The molecule has 194 valence electrons. The molecule has 1 N–H and O–H groups in total. The first kappa shape index (κ1) is 27.3. The molecule has 0 saturated heterocycles. The minimum absolute atomic E-state index is 0.0646. The lowest BCUT2D eigenvalue weighted by molar-refractivity contribution is -0.139. The van der Waals surface area contributed by atoms with Crippen LogP contribution in [0.4, 0.5) is 0 Å². The maximum atomic E-state index is 13.8. The average molecular weight is 535 g/mol. The zero-order valence-electron chi connectivity index (χ0n) is 21.4. The zero-order chi connectivity index (χ0) is 26.0. The fourth-order valence-corrected chi connectivity index (χ4v) is 5.79. The molecule has 37 heavy (non-hydrogen) atoms. The lowest BCUT2D eigenvalue weighted by atomic mass is 9.94. The summed E-state index contributed by atoms with van der Waals surface area (Å²) in [6.45, 7) is 2.37. The van der Waals surface area contributed by atoms with E-state index >= 15 is 0 Å². The molecule has 0 radical (unpaired) electrons. The van der Waals surface area contributed by atoms with E-state index < -0.39 is 6.04 Å². The topological polar surface area (TPSA) is 49.4 Å². The van der Waals surface area contributed by atoms with Gasteiger partial charge in [0.2, 0.25) is 11.8 Å². The van der Waals surface area contributed by atoms with Crippen molar-refractivity contribution in [2.45, 2.75) is 69.0 Å². The number of carbonyl (C=O) groups is 2. The first-order valence-electron chi connectivity index (χ1n) is 13.1. The molecule has 1 aliphatic carbocycles. The van der Waals surface area contributed by atoms with Crippen LogP contribution in [-0.2, 0) is 22.6 Å². The monoisotopic (exact) mass is 534 g/mol. The van der Waals surface area contributed by atoms with Gasteiger partial charge in [-0.3, -0.25) is 9.59 Å². The SMILES string of the molecule is Cc1ccc(SCC(=O)N(Cc2cccc(Cl)c2)[C@H](Cc2ccccc2)C(=O)NC2CCCCC2)cc1. The minimum Gasteiger partial charge on any atom is -0.352 e. The molecule has 1 fully saturated rings. The second-order valence-electron chi connectivity index (χ2n) is 9.80. The van der Waals surface area contributed by atoms with Gasteiger partial charge in [-0.05, 0) is 55.2 Å². The smallest absolute Gasteiger partial charge is 0.243 e. The average Bonchev–Trinajstić information content (AvgIpc) is 2.91. The van der Waals surface area contributed by atoms with Crippen molar-refractivity contribution >= 4 is 35.2 Å². The Labute approximate surface area is 229 Å². The molecule has 6 heteroatoms. The highest BCUT2D eigenvalue weighted by atomic mass is 35.5. The molecule has 3 aromatic carbocycles. The Hall–Kier alpha value is -2.76. The number of aryl methyl sites for hydroxylation is 1. The van der Waals surface area contributed by atoms with Crippen molar-refractivity contribution < 1.29 is 9.59 Å². The van der Waals surface area contributed by atoms with Gasteiger partial charge in [-0.15, -0.1) is 11.8 Å². The van der Waals surface area contributed by atoms with Gasteiger partial charge < -0.3 is 10.2 Å². The van der Waals surface area contributed by atoms with Crippen LogP contribution >= 0.6 is 23.4 Å². The van der Waals surface area contributed by atoms with Gasteiger partial charge in [-0.1, -0.05) is 91.0 Å². The van der Waals surface area contributed by atoms with Crippen LogP contribution in [0, 0.1) is 6.92 Å². The van der Waals surface area contributed by atoms with E-state index in [0.717, 1.165) is 41.7 Å². The van der Waals surface area contributed by atoms with Crippen molar-refractivity contribution in [1.82, 2.24) is 10.2 Å². The summed E-state index contributed by atoms with van der Waals surface area (Å²) in [5, 5.41) is 3.90. The van der Waals surface area contributed by atoms with E-state index in [-0.39, 0.29) is 23.6 Å². The number of nitrogens with one attached hydrogen (secondary N) is 1. The highest BCUT2D eigenvalue weighted by Crippen LogP contribution is 2.23. The molecule has 0 heterocycles. The molecule has 1 saturated carbocycles. The van der Waals surface area contributed by atoms with Crippen molar-refractivity contribution in [2.24, 2.45) is 0 Å². The van der Waals surface area contributed by atoms with Crippen molar-refractivity contribution in [3.05, 3.63) is 101 Å². The predicted octanol–water partition coefficient (Wildman–Crippen LogP) is 6.83. The maximum Gasteiger partial charge on any atom is 0.243 e. The largest absolute Gasteiger partial charge is 0.352 e. The Morgan fingerprint density at radius 3 is 2.35 bits per heavy atom. The number of hydrogen-bond donors (Lipinski definition) is 1. The molecular weight excluding hydrogens is 500 g/mol. The number of halogens is 1. The van der Waals surface area contributed by atoms with E-state index in [2.05, 4.69) is 5.32 Å². The molecule has 0 spiro atoms. The lowest BCUT2D eigenvalue weighted by Crippen LogP contribution is -2.53. The van der Waals surface area contributed by atoms with Crippen LogP contribution in [0.1, 0.15) is 48.8 Å². The molecule has 2 amide bonds. The van der Waals surface area contributed by atoms with Crippen LogP contribution in [0.5, 0.6) is 0 Å². The number of thioether (sulfide) groups is 1. The van der Waals surface area contributed by atoms with E-state index in [4.69, 9.17) is 11.6 Å². The molecule has 4 nitrogen and oxygen atoms in total. The number of rotatable bonds is 10. The highest BCUT2D eigenvalue weighted by Gasteiger charge is 2.32. The van der Waals surface area contributed by atoms with E-state index in [1.54, 1.807) is 4.90 Å². The van der Waals surface area contributed by atoms with Crippen LogP contribution < -0.4 is 5.32 Å². The third kappa shape index (κ3) is 8.37. The fraction of sp³-hybridized carbons (Fsp3) is 0.355. The zero-order valence-corrected chi connectivity index (χ0v) is 22.9. The van der Waals surface area contributed by atoms with Gasteiger partial charge in [0.1, 0.15) is 6.04 Å². The molecule has 0 bridgehead atoms. The second-order valence-corrected chi connectivity index (χ2v) is 11.3. The number of amides is 2. The van der Waals surface area contributed by atoms with Crippen LogP contribution in [0.25, 0.3) is 0 Å². The molecule has 0 aliphatic heterocycles. The maximum absolute atomic E-state index is 13.8. The molecule has 1 aliphatic rings. The van der Waals surface area contributed by atoms with Gasteiger partial charge in [-0.25, -0.2) is 0 Å². The Morgan fingerprint density at radius 1 is 0.946 bits per heavy atom. The summed E-state index contributed by atoms with van der Waals surface area (Å²) in [7, 11) is 0. The lowest BCUT2D eigenvalue weighted by Gasteiger charge is -2.33. The normalized spacial score (nSPS) is 14.6. The first-order chi connectivity index (χ1) is 18.0. The van der Waals surface area contributed by atoms with Gasteiger partial charge in [0, 0.05) is 28.9 Å². The van der Waals surface area contributed by atoms with Crippen LogP contribution in [0.2, 0.25) is 5.02 Å². The molecule has 3 aromatic rings. The van der Waals surface area contributed by atoms with E-state index in [1.165, 1.54) is 23.7 Å². The third-order valence-corrected chi connectivity index (χ3v) is 8.08. The Bertz CT molecular complexity index is 1160. The Kier molecular flexibility index (Phi) is 10.1. The highest BCUT2D eigenvalue weighted by molar-refractivity contribution is 8.00. The summed E-state index contributed by atoms with van der Waals surface area (Å²) >= 11 is 7.78. The van der Waals surface area contributed by atoms with Crippen LogP contribution in [0.3, 0.4) is 0 Å². The number of nitrogens with zero attached hydrogens (tertiary/aromatic N) is 1. The quantitative estimate of drug-likeness (QED) is 0.290. The summed E-state index contributed by atoms with van der Waals surface area (Å²) < 4.78 is 0. The summed E-state index contributed by atoms with van der Waals surface area (Å²) in [6, 6.07) is 25.2. The van der Waals surface area contributed by atoms with Gasteiger partial charge in [0.25, 0.3) is 0 Å². The van der Waals surface area contributed by atoms with E-state index in [1.807, 2.05) is 85.8 Å². The number of carbonyl (C=O) groups excluding carboxylic acids is 2. The van der Waals surface area contributed by atoms with Gasteiger partial charge in [-0.2, -0.15) is 0 Å². The second kappa shape index (κ2) is 13.7. The molecule has 1 atom stereocenters. The summed E-state index contributed by atoms with van der Waals surface area (Å²) in [5.74, 6) is 0.114. The molecule has 4 rings (SSSR count). The van der Waals surface area contributed by atoms with Crippen molar-refractivity contribution in [2.75, 3.05) is 5.75 Å². The van der Waals surface area contributed by atoms with Crippen molar-refractivity contribution in [3.8, 4) is 0 Å². The van der Waals surface area contributed by atoms with Crippen LogP contribution in [0.15, 0.2) is 83.8 Å². The molecule has 0 unspecified atom stereocenters. The Morgan fingerprint density at radius 2 is 1.65 bits per heavy atom. The van der Waals surface area contributed by atoms with E-state index in [0.29, 0.717) is 18.0 Å². The fourth-order valence-electron chi connectivity index (χ4n) is 4.79. The molecule has 0 aromatic heterocycles. The molecular formula is C31H35ClN2O2S. The van der Waals surface area contributed by atoms with Crippen molar-refractivity contribution in [3.63, 3.8) is 0 Å². The minimum atomic E-state index is -0.616. The Balaban J connectivity index is 1.60. The summed E-state index contributed by atoms with van der Waals surface area (Å²) in [6.07, 6.45) is 5.93.